The van der Waals surface area contributed by atoms with Crippen molar-refractivity contribution in [3.63, 3.8) is 0 Å². The molecule has 4 rings (SSSR count). The number of nitrogens with zero attached hydrogens (tertiary/aromatic N) is 2. The average molecular weight is 383 g/mol. The Morgan fingerprint density at radius 2 is 2.15 bits per heavy atom. The third-order valence-electron chi connectivity index (χ3n) is 4.21. The van der Waals surface area contributed by atoms with Gasteiger partial charge in [0.2, 0.25) is 11.3 Å². The molecule has 0 saturated carbocycles. The quantitative estimate of drug-likeness (QED) is 0.698. The van der Waals surface area contributed by atoms with Crippen molar-refractivity contribution < 1.29 is 13.9 Å². The highest BCUT2D eigenvalue weighted by atomic mass is 32.1. The van der Waals surface area contributed by atoms with E-state index in [2.05, 4.69) is 16.9 Å². The maximum Gasteiger partial charge on any atom is 0.248 e. The first-order chi connectivity index (χ1) is 13.2. The number of ether oxygens (including phenoxy) is 1. The molecule has 1 aliphatic rings. The molecule has 0 bridgehead atoms. The van der Waals surface area contributed by atoms with Gasteiger partial charge in [0.1, 0.15) is 10.5 Å². The van der Waals surface area contributed by atoms with Gasteiger partial charge in [-0.1, -0.05) is 12.6 Å². The lowest BCUT2D eigenvalue weighted by atomic mass is 10.2. The molecule has 0 aliphatic carbocycles. The van der Waals surface area contributed by atoms with Crippen molar-refractivity contribution in [2.45, 2.75) is 0 Å². The van der Waals surface area contributed by atoms with Crippen LogP contribution in [0.4, 0.5) is 11.7 Å². The Balaban J connectivity index is 1.77. The van der Waals surface area contributed by atoms with Crippen LogP contribution in [0.25, 0.3) is 21.5 Å². The summed E-state index contributed by atoms with van der Waals surface area (Å²) in [6, 6.07) is 6.82. The van der Waals surface area contributed by atoms with Crippen molar-refractivity contribution >= 4 is 39.2 Å². The number of carbonyl (C=O) groups excluding carboxylic acids is 1. The summed E-state index contributed by atoms with van der Waals surface area (Å²) in [6.07, 6.45) is 1.18. The topological polar surface area (TPSA) is 84.7 Å². The van der Waals surface area contributed by atoms with Crippen LogP contribution in [0.3, 0.4) is 0 Å². The number of anilines is 2. The summed E-state index contributed by atoms with van der Waals surface area (Å²) in [5.41, 5.74) is 1.76. The van der Waals surface area contributed by atoms with Gasteiger partial charge in [0.15, 0.2) is 11.5 Å². The number of morpholine rings is 1. The fraction of sp³-hybridized carbons (Fsp3) is 0.211. The predicted octanol–water partition coefficient (Wildman–Crippen LogP) is 2.88. The zero-order chi connectivity index (χ0) is 18.8. The number of hydrogen-bond acceptors (Lipinski definition) is 7. The smallest absolute Gasteiger partial charge is 0.248 e. The van der Waals surface area contributed by atoms with Gasteiger partial charge in [-0.05, 0) is 18.2 Å². The minimum atomic E-state index is -0.337. The molecule has 1 amide bonds. The molecule has 3 aromatic rings. The summed E-state index contributed by atoms with van der Waals surface area (Å²) >= 11 is 1.32. The molecule has 1 N–H and O–H groups in total. The monoisotopic (exact) mass is 383 g/mol. The van der Waals surface area contributed by atoms with Crippen molar-refractivity contribution in [3.05, 3.63) is 52.5 Å². The predicted molar refractivity (Wildman–Crippen MR) is 105 cm³/mol. The van der Waals surface area contributed by atoms with Gasteiger partial charge >= 0.3 is 0 Å². The van der Waals surface area contributed by atoms with Crippen LogP contribution in [0, 0.1) is 0 Å². The Bertz CT molecular complexity index is 1070. The van der Waals surface area contributed by atoms with Crippen molar-refractivity contribution in [1.29, 1.82) is 0 Å². The molecule has 1 saturated heterocycles. The molecule has 138 valence electrons. The fourth-order valence-electron chi connectivity index (χ4n) is 2.88. The van der Waals surface area contributed by atoms with Gasteiger partial charge < -0.3 is 19.4 Å². The third kappa shape index (κ3) is 3.49. The van der Waals surface area contributed by atoms with Crippen LogP contribution >= 0.6 is 11.3 Å². The summed E-state index contributed by atoms with van der Waals surface area (Å²) in [7, 11) is 0. The van der Waals surface area contributed by atoms with Crippen molar-refractivity contribution in [2.24, 2.45) is 0 Å². The molecule has 0 aromatic carbocycles. The molecule has 1 fully saturated rings. The third-order valence-corrected chi connectivity index (χ3v) is 5.19. The highest BCUT2D eigenvalue weighted by Crippen LogP contribution is 2.34. The van der Waals surface area contributed by atoms with Gasteiger partial charge in [-0.3, -0.25) is 9.59 Å². The van der Waals surface area contributed by atoms with Crippen LogP contribution in [0.2, 0.25) is 0 Å². The van der Waals surface area contributed by atoms with Crippen molar-refractivity contribution in [1.82, 2.24) is 4.98 Å². The van der Waals surface area contributed by atoms with Gasteiger partial charge in [-0.15, -0.1) is 11.3 Å². The molecule has 0 spiro atoms. The molecule has 0 atom stereocenters. The van der Waals surface area contributed by atoms with Gasteiger partial charge in [0.25, 0.3) is 0 Å². The number of carbonyl (C=O) groups is 1. The van der Waals surface area contributed by atoms with E-state index in [9.17, 15) is 9.59 Å². The van der Waals surface area contributed by atoms with Crippen LogP contribution < -0.4 is 15.6 Å². The van der Waals surface area contributed by atoms with Crippen LogP contribution in [-0.4, -0.2) is 37.2 Å². The molecule has 0 radical (unpaired) electrons. The first-order valence-corrected chi connectivity index (χ1v) is 9.32. The van der Waals surface area contributed by atoms with E-state index >= 15 is 0 Å². The number of amides is 1. The van der Waals surface area contributed by atoms with Crippen LogP contribution in [0.15, 0.2) is 51.5 Å². The zero-order valence-electron chi connectivity index (χ0n) is 14.4. The first kappa shape index (κ1) is 17.4. The molecule has 8 heteroatoms. The maximum absolute atomic E-state index is 12.5. The number of hydrogen-bond donors (Lipinski definition) is 1. The van der Waals surface area contributed by atoms with Gasteiger partial charge in [0, 0.05) is 24.5 Å². The largest absolute Gasteiger partial charge is 0.439 e. The number of fused-ring (bicyclic) bond motifs is 1. The molecular weight excluding hydrogens is 366 g/mol. The highest BCUT2D eigenvalue weighted by Gasteiger charge is 2.19. The van der Waals surface area contributed by atoms with Gasteiger partial charge in [-0.2, -0.15) is 0 Å². The second-order valence-corrected chi connectivity index (χ2v) is 6.84. The number of aromatic nitrogens is 1. The minimum Gasteiger partial charge on any atom is -0.439 e. The lowest BCUT2D eigenvalue weighted by Crippen LogP contribution is -2.36. The Morgan fingerprint density at radius 1 is 1.33 bits per heavy atom. The van der Waals surface area contributed by atoms with Crippen molar-refractivity contribution in [2.75, 3.05) is 36.5 Å². The highest BCUT2D eigenvalue weighted by molar-refractivity contribution is 7.17. The molecule has 3 aromatic heterocycles. The van der Waals surface area contributed by atoms with Crippen LogP contribution in [0.5, 0.6) is 0 Å². The van der Waals surface area contributed by atoms with Crippen LogP contribution in [-0.2, 0) is 9.53 Å². The zero-order valence-corrected chi connectivity index (χ0v) is 15.3. The number of pyridine rings is 1. The second kappa shape index (κ2) is 7.34. The van der Waals surface area contributed by atoms with E-state index in [4.69, 9.17) is 9.15 Å². The van der Waals surface area contributed by atoms with E-state index in [0.29, 0.717) is 54.0 Å². The van der Waals surface area contributed by atoms with Gasteiger partial charge in [0.05, 0.1) is 24.5 Å². The van der Waals surface area contributed by atoms with Gasteiger partial charge in [-0.25, -0.2) is 4.98 Å². The molecule has 7 nitrogen and oxygen atoms in total. The Hall–Kier alpha value is -2.97. The maximum atomic E-state index is 12.5. The van der Waals surface area contributed by atoms with E-state index in [-0.39, 0.29) is 11.3 Å². The molecule has 0 unspecified atom stereocenters. The summed E-state index contributed by atoms with van der Waals surface area (Å²) in [6.45, 7) is 5.99. The second-order valence-electron chi connectivity index (χ2n) is 5.96. The normalized spacial score (nSPS) is 14.3. The lowest BCUT2D eigenvalue weighted by molar-refractivity contribution is -0.111. The summed E-state index contributed by atoms with van der Waals surface area (Å²) in [5, 5.41) is 4.48. The van der Waals surface area contributed by atoms with E-state index in [1.165, 1.54) is 23.5 Å². The standard InChI is InChI=1S/C19H17N3O4S/c1-2-16(24)21-15-5-3-4-13(20-15)12-11-27-19-14(23)10-17(26-18(12)19)22-6-8-25-9-7-22/h2-5,10-11H,1,6-9H2,(H,20,21,24). The summed E-state index contributed by atoms with van der Waals surface area (Å²) in [5.74, 6) is 0.603. The molecular formula is C19H17N3O4S. The SMILES string of the molecule is C=CC(=O)Nc1cccc(-c2csc3c(=O)cc(N4CCOCC4)oc23)n1. The Morgan fingerprint density at radius 3 is 2.93 bits per heavy atom. The van der Waals surface area contributed by atoms with E-state index in [0.717, 1.165) is 5.56 Å². The van der Waals surface area contributed by atoms with Crippen molar-refractivity contribution in [3.8, 4) is 11.3 Å². The summed E-state index contributed by atoms with van der Waals surface area (Å²) in [4.78, 5) is 30.5. The van der Waals surface area contributed by atoms with E-state index < -0.39 is 0 Å². The molecule has 1 aliphatic heterocycles. The average Bonchev–Trinajstić information content (AvgIpc) is 3.13. The fourth-order valence-corrected chi connectivity index (χ4v) is 3.78. The Labute approximate surface area is 158 Å². The molecule has 4 heterocycles. The Kier molecular flexibility index (Phi) is 4.74. The first-order valence-electron chi connectivity index (χ1n) is 8.44. The number of thiophene rings is 1. The van der Waals surface area contributed by atoms with E-state index in [1.807, 2.05) is 16.3 Å². The van der Waals surface area contributed by atoms with Crippen LogP contribution in [0.1, 0.15) is 0 Å². The molecule has 27 heavy (non-hydrogen) atoms. The number of nitrogens with one attached hydrogen (secondary N) is 1. The minimum absolute atomic E-state index is 0.0786. The lowest BCUT2D eigenvalue weighted by Gasteiger charge is -2.27. The summed E-state index contributed by atoms with van der Waals surface area (Å²) < 4.78 is 12.0. The van der Waals surface area contributed by atoms with E-state index in [1.54, 1.807) is 12.1 Å². The number of rotatable bonds is 4.